The monoisotopic (exact) mass is 410 g/mol. The van der Waals surface area contributed by atoms with E-state index < -0.39 is 5.97 Å². The first-order chi connectivity index (χ1) is 14.4. The van der Waals surface area contributed by atoms with Crippen LogP contribution in [0, 0.1) is 19.7 Å². The quantitative estimate of drug-likeness (QED) is 0.516. The van der Waals surface area contributed by atoms with Crippen LogP contribution in [0.15, 0.2) is 48.5 Å². The molecule has 30 heavy (non-hydrogen) atoms. The van der Waals surface area contributed by atoms with Crippen LogP contribution in [0.4, 0.5) is 4.39 Å². The van der Waals surface area contributed by atoms with E-state index in [0.29, 0.717) is 30.9 Å². The zero-order chi connectivity index (χ0) is 21.7. The van der Waals surface area contributed by atoms with E-state index in [1.165, 1.54) is 12.1 Å². The fraction of sp³-hybridized carbons (Fsp3) is 0.292. The first kappa shape index (κ1) is 21.6. The van der Waals surface area contributed by atoms with E-state index in [-0.39, 0.29) is 5.82 Å². The van der Waals surface area contributed by atoms with Crippen LogP contribution in [-0.2, 0) is 19.5 Å². The summed E-state index contributed by atoms with van der Waals surface area (Å²) < 4.78 is 20.6. The summed E-state index contributed by atoms with van der Waals surface area (Å²) in [4.78, 5) is 11.9. The number of nitrogens with zero attached hydrogens (tertiary/aromatic N) is 1. The second-order valence-corrected chi connectivity index (χ2v) is 7.28. The van der Waals surface area contributed by atoms with Gasteiger partial charge in [-0.2, -0.15) is 0 Å². The molecule has 0 fully saturated rings. The lowest BCUT2D eigenvalue weighted by atomic mass is 10.1. The van der Waals surface area contributed by atoms with Gasteiger partial charge in [-0.15, -0.1) is 0 Å². The highest BCUT2D eigenvalue weighted by Crippen LogP contribution is 2.24. The molecule has 0 unspecified atom stereocenters. The van der Waals surface area contributed by atoms with Gasteiger partial charge in [0.25, 0.3) is 0 Å². The smallest absolute Gasteiger partial charge is 0.337 e. The third-order valence-electron chi connectivity index (χ3n) is 5.44. The van der Waals surface area contributed by atoms with Gasteiger partial charge in [0.1, 0.15) is 11.6 Å². The number of benzene rings is 2. The summed E-state index contributed by atoms with van der Waals surface area (Å²) in [6.45, 7) is 5.40. The SMILES string of the molecule is COc1ccccc1CCNCc1c(C(=O)O)c(C)n(Cc2ccc(F)cc2)c1C. The fourth-order valence-corrected chi connectivity index (χ4v) is 3.80. The van der Waals surface area contributed by atoms with E-state index >= 15 is 0 Å². The van der Waals surface area contributed by atoms with Crippen LogP contribution in [0.1, 0.15) is 38.4 Å². The van der Waals surface area contributed by atoms with Crippen LogP contribution >= 0.6 is 0 Å². The molecule has 0 aliphatic rings. The molecule has 0 spiro atoms. The number of aromatic nitrogens is 1. The molecule has 6 heteroatoms. The number of hydrogen-bond acceptors (Lipinski definition) is 3. The van der Waals surface area contributed by atoms with Crippen molar-refractivity contribution >= 4 is 5.97 Å². The van der Waals surface area contributed by atoms with Crippen molar-refractivity contribution in [2.75, 3.05) is 13.7 Å². The van der Waals surface area contributed by atoms with Crippen molar-refractivity contribution in [2.24, 2.45) is 0 Å². The van der Waals surface area contributed by atoms with Crippen LogP contribution in [0.25, 0.3) is 0 Å². The molecular weight excluding hydrogens is 383 g/mol. The summed E-state index contributed by atoms with van der Waals surface area (Å²) in [5.74, 6) is -0.371. The molecule has 1 heterocycles. The molecule has 2 aromatic carbocycles. The molecule has 3 rings (SSSR count). The maximum Gasteiger partial charge on any atom is 0.337 e. The average molecular weight is 410 g/mol. The van der Waals surface area contributed by atoms with Crippen LogP contribution in [0.2, 0.25) is 0 Å². The Bertz CT molecular complexity index is 1030. The number of nitrogens with one attached hydrogen (secondary N) is 1. The van der Waals surface area contributed by atoms with Crippen LogP contribution in [0.5, 0.6) is 5.75 Å². The zero-order valence-electron chi connectivity index (χ0n) is 17.5. The molecular formula is C24H27FN2O3. The van der Waals surface area contributed by atoms with Gasteiger partial charge in [0.15, 0.2) is 0 Å². The van der Waals surface area contributed by atoms with E-state index in [1.807, 2.05) is 42.7 Å². The third-order valence-corrected chi connectivity index (χ3v) is 5.44. The highest BCUT2D eigenvalue weighted by Gasteiger charge is 2.22. The summed E-state index contributed by atoms with van der Waals surface area (Å²) in [5, 5.41) is 13.2. The second-order valence-electron chi connectivity index (χ2n) is 7.28. The standard InChI is InChI=1S/C24H27FN2O3/c1-16-21(14-26-13-12-19-6-4-5-7-22(19)30-3)23(24(28)29)17(2)27(16)15-18-8-10-20(25)11-9-18/h4-11,26H,12-15H2,1-3H3,(H,28,29). The molecule has 0 aliphatic heterocycles. The maximum absolute atomic E-state index is 13.2. The Morgan fingerprint density at radius 1 is 1.10 bits per heavy atom. The predicted octanol–water partition coefficient (Wildman–Crippen LogP) is 4.33. The first-order valence-corrected chi connectivity index (χ1v) is 9.91. The van der Waals surface area contributed by atoms with E-state index in [4.69, 9.17) is 4.74 Å². The fourth-order valence-electron chi connectivity index (χ4n) is 3.80. The van der Waals surface area contributed by atoms with E-state index in [0.717, 1.165) is 34.6 Å². The topological polar surface area (TPSA) is 63.5 Å². The van der Waals surface area contributed by atoms with Crippen molar-refractivity contribution in [3.05, 3.63) is 88.0 Å². The van der Waals surface area contributed by atoms with Gasteiger partial charge in [0, 0.05) is 30.0 Å². The van der Waals surface area contributed by atoms with Crippen LogP contribution in [-0.4, -0.2) is 29.3 Å². The van der Waals surface area contributed by atoms with Gasteiger partial charge in [0.2, 0.25) is 0 Å². The van der Waals surface area contributed by atoms with Crippen LogP contribution < -0.4 is 10.1 Å². The normalized spacial score (nSPS) is 10.9. The number of methoxy groups -OCH3 is 1. The number of carboxylic acid groups (broad SMARTS) is 1. The van der Waals surface area contributed by atoms with Crippen molar-refractivity contribution in [2.45, 2.75) is 33.4 Å². The number of carbonyl (C=O) groups is 1. The van der Waals surface area contributed by atoms with Gasteiger partial charge in [-0.3, -0.25) is 0 Å². The average Bonchev–Trinajstić information content (AvgIpc) is 2.97. The van der Waals surface area contributed by atoms with E-state index in [9.17, 15) is 14.3 Å². The molecule has 2 N–H and O–H groups in total. The van der Waals surface area contributed by atoms with Crippen molar-refractivity contribution in [1.82, 2.24) is 9.88 Å². The molecule has 0 atom stereocenters. The van der Waals surface area contributed by atoms with E-state index in [2.05, 4.69) is 5.32 Å². The number of ether oxygens (including phenoxy) is 1. The van der Waals surface area contributed by atoms with Gasteiger partial charge in [-0.1, -0.05) is 30.3 Å². The van der Waals surface area contributed by atoms with Gasteiger partial charge in [-0.05, 0) is 56.1 Å². The predicted molar refractivity (Wildman–Crippen MR) is 115 cm³/mol. The highest BCUT2D eigenvalue weighted by atomic mass is 19.1. The molecule has 0 amide bonds. The van der Waals surface area contributed by atoms with Gasteiger partial charge in [-0.25, -0.2) is 9.18 Å². The Morgan fingerprint density at radius 3 is 2.47 bits per heavy atom. The van der Waals surface area contributed by atoms with Gasteiger partial charge < -0.3 is 19.7 Å². The molecule has 0 bridgehead atoms. The minimum Gasteiger partial charge on any atom is -0.496 e. The summed E-state index contributed by atoms with van der Waals surface area (Å²) in [6, 6.07) is 14.1. The number of hydrogen-bond donors (Lipinski definition) is 2. The molecule has 1 aromatic heterocycles. The molecule has 3 aromatic rings. The number of rotatable bonds is 9. The minimum atomic E-state index is -0.935. The van der Waals surface area contributed by atoms with Crippen molar-refractivity contribution < 1.29 is 19.0 Å². The Balaban J connectivity index is 1.75. The van der Waals surface area contributed by atoms with Crippen molar-refractivity contribution in [1.29, 1.82) is 0 Å². The summed E-state index contributed by atoms with van der Waals surface area (Å²) in [6.07, 6.45) is 0.779. The molecule has 0 saturated carbocycles. The molecule has 0 saturated heterocycles. The largest absolute Gasteiger partial charge is 0.496 e. The Labute approximate surface area is 176 Å². The Morgan fingerprint density at radius 2 is 1.80 bits per heavy atom. The second kappa shape index (κ2) is 9.59. The lowest BCUT2D eigenvalue weighted by molar-refractivity contribution is 0.0694. The number of aromatic carboxylic acids is 1. The van der Waals surface area contributed by atoms with Crippen LogP contribution in [0.3, 0.4) is 0 Å². The first-order valence-electron chi connectivity index (χ1n) is 9.91. The van der Waals surface area contributed by atoms with Crippen molar-refractivity contribution in [3.63, 3.8) is 0 Å². The summed E-state index contributed by atoms with van der Waals surface area (Å²) >= 11 is 0. The maximum atomic E-state index is 13.2. The molecule has 5 nitrogen and oxygen atoms in total. The lowest BCUT2D eigenvalue weighted by Crippen LogP contribution is -2.19. The minimum absolute atomic E-state index is 0.286. The Kier molecular flexibility index (Phi) is 6.90. The lowest BCUT2D eigenvalue weighted by Gasteiger charge is -2.11. The highest BCUT2D eigenvalue weighted by molar-refractivity contribution is 5.91. The summed E-state index contributed by atoms with van der Waals surface area (Å²) in [7, 11) is 1.65. The van der Waals surface area contributed by atoms with Gasteiger partial charge in [0.05, 0.1) is 12.7 Å². The molecule has 0 radical (unpaired) electrons. The number of halogens is 1. The molecule has 158 valence electrons. The van der Waals surface area contributed by atoms with Gasteiger partial charge >= 0.3 is 5.97 Å². The third kappa shape index (κ3) is 4.71. The van der Waals surface area contributed by atoms with Crippen molar-refractivity contribution in [3.8, 4) is 5.75 Å². The number of carboxylic acids is 1. The Hall–Kier alpha value is -3.12. The molecule has 0 aliphatic carbocycles. The number of para-hydroxylation sites is 1. The zero-order valence-corrected chi connectivity index (χ0v) is 17.5. The van der Waals surface area contributed by atoms with E-state index in [1.54, 1.807) is 19.2 Å². The summed E-state index contributed by atoms with van der Waals surface area (Å²) in [5.41, 5.74) is 4.74.